The first-order chi connectivity index (χ1) is 15.9. The van der Waals surface area contributed by atoms with Crippen LogP contribution in [0.4, 0.5) is 5.69 Å². The summed E-state index contributed by atoms with van der Waals surface area (Å²) in [4.78, 5) is 24.4. The molecule has 0 saturated carbocycles. The van der Waals surface area contributed by atoms with E-state index in [0.717, 1.165) is 56.8 Å². The number of nitrogens with zero attached hydrogens (tertiary/aromatic N) is 5. The maximum Gasteiger partial charge on any atom is 0.256 e. The van der Waals surface area contributed by atoms with Crippen molar-refractivity contribution in [2.45, 2.75) is 30.7 Å². The van der Waals surface area contributed by atoms with Crippen molar-refractivity contribution in [3.05, 3.63) is 53.9 Å². The van der Waals surface area contributed by atoms with Gasteiger partial charge in [0.2, 0.25) is 10.0 Å². The fourth-order valence-electron chi connectivity index (χ4n) is 4.50. The Hall–Kier alpha value is -2.49. The number of rotatable bonds is 6. The van der Waals surface area contributed by atoms with Crippen molar-refractivity contribution in [2.24, 2.45) is 0 Å². The van der Waals surface area contributed by atoms with Crippen molar-refractivity contribution in [3.8, 4) is 0 Å². The summed E-state index contributed by atoms with van der Waals surface area (Å²) in [6, 6.07) is 9.01. The molecule has 33 heavy (non-hydrogen) atoms. The van der Waals surface area contributed by atoms with Crippen LogP contribution in [0.5, 0.6) is 0 Å². The Kier molecular flexibility index (Phi) is 7.31. The fourth-order valence-corrected chi connectivity index (χ4v) is 5.43. The summed E-state index contributed by atoms with van der Waals surface area (Å²) in [5.74, 6) is -0.0904. The highest BCUT2D eigenvalue weighted by Crippen LogP contribution is 2.29. The number of hydrogen-bond donors (Lipinski definition) is 0. The lowest BCUT2D eigenvalue weighted by Crippen LogP contribution is -2.48. The third kappa shape index (κ3) is 5.37. The number of hydrogen-bond acceptors (Lipinski definition) is 6. The minimum Gasteiger partial charge on any atom is -0.371 e. The van der Waals surface area contributed by atoms with Crippen molar-refractivity contribution < 1.29 is 13.2 Å². The summed E-state index contributed by atoms with van der Waals surface area (Å²) < 4.78 is 26.7. The van der Waals surface area contributed by atoms with Gasteiger partial charge in [0, 0.05) is 78.0 Å². The summed E-state index contributed by atoms with van der Waals surface area (Å²) in [6.45, 7) is 5.36. The van der Waals surface area contributed by atoms with Gasteiger partial charge in [-0.25, -0.2) is 12.7 Å². The van der Waals surface area contributed by atoms with Gasteiger partial charge in [-0.3, -0.25) is 14.7 Å². The van der Waals surface area contributed by atoms with Gasteiger partial charge in [0.25, 0.3) is 5.91 Å². The number of sulfonamides is 1. The van der Waals surface area contributed by atoms with Gasteiger partial charge in [-0.05, 0) is 49.1 Å². The molecule has 2 aliphatic rings. The van der Waals surface area contributed by atoms with Crippen LogP contribution in [0.25, 0.3) is 0 Å². The van der Waals surface area contributed by atoms with Crippen LogP contribution in [-0.4, -0.2) is 86.8 Å². The molecule has 0 atom stereocenters. The van der Waals surface area contributed by atoms with Gasteiger partial charge in [-0.15, -0.1) is 0 Å². The van der Waals surface area contributed by atoms with E-state index in [9.17, 15) is 13.2 Å². The second kappa shape index (κ2) is 10.2. The highest BCUT2D eigenvalue weighted by atomic mass is 32.2. The smallest absolute Gasteiger partial charge is 0.256 e. The summed E-state index contributed by atoms with van der Waals surface area (Å²) >= 11 is 0. The van der Waals surface area contributed by atoms with E-state index in [1.807, 2.05) is 23.2 Å². The zero-order valence-electron chi connectivity index (χ0n) is 19.5. The predicted octanol–water partition coefficient (Wildman–Crippen LogP) is 2.28. The Morgan fingerprint density at radius 3 is 2.36 bits per heavy atom. The minimum atomic E-state index is -3.62. The molecule has 0 aliphatic carbocycles. The summed E-state index contributed by atoms with van der Waals surface area (Å²) in [5, 5.41) is 0. The molecule has 2 aliphatic heterocycles. The van der Waals surface area contributed by atoms with Crippen molar-refractivity contribution in [2.75, 3.05) is 58.3 Å². The molecule has 178 valence electrons. The first kappa shape index (κ1) is 23.7. The molecular formula is C24H33N5O3S. The van der Waals surface area contributed by atoms with Gasteiger partial charge < -0.3 is 9.80 Å². The van der Waals surface area contributed by atoms with Crippen molar-refractivity contribution >= 4 is 21.6 Å². The maximum absolute atomic E-state index is 13.6. The van der Waals surface area contributed by atoms with Crippen LogP contribution in [0.15, 0.2) is 47.6 Å². The third-order valence-electron chi connectivity index (χ3n) is 6.46. The molecule has 2 aromatic rings. The average molecular weight is 472 g/mol. The average Bonchev–Trinajstić information content (AvgIpc) is 2.85. The molecule has 2 saturated heterocycles. The lowest BCUT2D eigenvalue weighted by atomic mass is 10.1. The molecule has 8 nitrogen and oxygen atoms in total. The van der Waals surface area contributed by atoms with Crippen LogP contribution >= 0.6 is 0 Å². The van der Waals surface area contributed by atoms with E-state index in [0.29, 0.717) is 18.7 Å². The molecule has 0 spiro atoms. The number of pyridine rings is 1. The number of carbonyl (C=O) groups excluding carboxylic acids is 1. The number of carbonyl (C=O) groups is 1. The first-order valence-corrected chi connectivity index (χ1v) is 13.0. The molecule has 2 fully saturated rings. The van der Waals surface area contributed by atoms with Crippen LogP contribution in [-0.2, 0) is 16.6 Å². The summed E-state index contributed by atoms with van der Waals surface area (Å²) in [5.41, 5.74) is 2.49. The third-order valence-corrected chi connectivity index (χ3v) is 8.27. The Morgan fingerprint density at radius 2 is 1.73 bits per heavy atom. The van der Waals surface area contributed by atoms with E-state index in [2.05, 4.69) is 20.9 Å². The van der Waals surface area contributed by atoms with Gasteiger partial charge >= 0.3 is 0 Å². The molecule has 4 rings (SSSR count). The zero-order valence-corrected chi connectivity index (χ0v) is 20.3. The molecule has 9 heteroatoms. The molecule has 1 aromatic heterocycles. The van der Waals surface area contributed by atoms with Gasteiger partial charge in [0.1, 0.15) is 0 Å². The Labute approximate surface area is 196 Å². The van der Waals surface area contributed by atoms with E-state index in [4.69, 9.17) is 0 Å². The quantitative estimate of drug-likeness (QED) is 0.643. The second-order valence-electron chi connectivity index (χ2n) is 8.94. The fraction of sp³-hybridized carbons (Fsp3) is 0.500. The summed E-state index contributed by atoms with van der Waals surface area (Å²) in [6.07, 6.45) is 6.99. The molecule has 0 N–H and O–H groups in total. The Morgan fingerprint density at radius 1 is 1.00 bits per heavy atom. The second-order valence-corrected chi connectivity index (χ2v) is 11.1. The van der Waals surface area contributed by atoms with Crippen LogP contribution < -0.4 is 4.90 Å². The highest BCUT2D eigenvalue weighted by Gasteiger charge is 2.28. The largest absolute Gasteiger partial charge is 0.371 e. The topological polar surface area (TPSA) is 77.1 Å². The molecule has 1 amide bonds. The van der Waals surface area contributed by atoms with Crippen LogP contribution in [0.2, 0.25) is 0 Å². The summed E-state index contributed by atoms with van der Waals surface area (Å²) in [7, 11) is -0.603. The lowest BCUT2D eigenvalue weighted by Gasteiger charge is -2.36. The molecule has 1 aromatic carbocycles. The van der Waals surface area contributed by atoms with E-state index >= 15 is 0 Å². The first-order valence-electron chi connectivity index (χ1n) is 11.6. The number of aromatic nitrogens is 1. The van der Waals surface area contributed by atoms with E-state index in [1.54, 1.807) is 18.3 Å². The van der Waals surface area contributed by atoms with Crippen molar-refractivity contribution in [3.63, 3.8) is 0 Å². The standard InChI is InChI=1S/C24H33N5O3S/c1-26(2)33(31,32)21-8-9-23(28-11-4-3-5-12-28)22(17-21)24(30)29-15-13-27(14-16-29)19-20-7-6-10-25-18-20/h6-10,17-18H,3-5,11-16,19H2,1-2H3. The Balaban J connectivity index is 1.55. The van der Waals surface area contributed by atoms with Gasteiger partial charge in [-0.2, -0.15) is 0 Å². The van der Waals surface area contributed by atoms with E-state index < -0.39 is 10.0 Å². The number of piperidine rings is 1. The number of benzene rings is 1. The van der Waals surface area contributed by atoms with Crippen LogP contribution in [0.1, 0.15) is 35.2 Å². The SMILES string of the molecule is CN(C)S(=O)(=O)c1ccc(N2CCCCC2)c(C(=O)N2CCN(Cc3cccnc3)CC2)c1. The van der Waals surface area contributed by atoms with Gasteiger partial charge in [0.05, 0.1) is 10.5 Å². The number of piperazine rings is 1. The van der Waals surface area contributed by atoms with Crippen LogP contribution in [0.3, 0.4) is 0 Å². The van der Waals surface area contributed by atoms with E-state index in [1.165, 1.54) is 24.8 Å². The monoisotopic (exact) mass is 471 g/mol. The highest BCUT2D eigenvalue weighted by molar-refractivity contribution is 7.89. The van der Waals surface area contributed by atoms with Gasteiger partial charge in [0.15, 0.2) is 0 Å². The number of anilines is 1. The van der Waals surface area contributed by atoms with Crippen molar-refractivity contribution in [1.82, 2.24) is 19.1 Å². The van der Waals surface area contributed by atoms with Crippen molar-refractivity contribution in [1.29, 1.82) is 0 Å². The number of amides is 1. The molecule has 0 radical (unpaired) electrons. The van der Waals surface area contributed by atoms with E-state index in [-0.39, 0.29) is 10.8 Å². The maximum atomic E-state index is 13.6. The molecule has 3 heterocycles. The van der Waals surface area contributed by atoms with Gasteiger partial charge in [-0.1, -0.05) is 6.07 Å². The molecular weight excluding hydrogens is 438 g/mol. The normalized spacial score (nSPS) is 18.0. The minimum absolute atomic E-state index is 0.0904. The lowest BCUT2D eigenvalue weighted by molar-refractivity contribution is 0.0628. The van der Waals surface area contributed by atoms with Crippen LogP contribution in [0, 0.1) is 0 Å². The molecule has 0 unspecified atom stereocenters. The predicted molar refractivity (Wildman–Crippen MR) is 129 cm³/mol. The Bertz CT molecular complexity index is 1060. The molecule has 0 bridgehead atoms. The zero-order chi connectivity index (χ0) is 23.4.